The fraction of sp³-hybridized carbons (Fsp3) is 0.562. The average molecular weight is 336 g/mol. The van der Waals surface area contributed by atoms with Gasteiger partial charge in [0.05, 0.1) is 11.6 Å². The molecule has 0 amide bonds. The van der Waals surface area contributed by atoms with Gasteiger partial charge >= 0.3 is 0 Å². The molecule has 1 fully saturated rings. The molecular formula is C16H22BrN3. The van der Waals surface area contributed by atoms with E-state index in [0.717, 1.165) is 54.2 Å². The quantitative estimate of drug-likeness (QED) is 0.894. The molecule has 0 radical (unpaired) electrons. The number of rotatable bonds is 5. The Hall–Kier alpha value is -1.05. The second-order valence-electron chi connectivity index (χ2n) is 5.45. The number of hydrogen-bond donors (Lipinski definition) is 1. The van der Waals surface area contributed by atoms with Crippen LogP contribution in [0.5, 0.6) is 0 Å². The summed E-state index contributed by atoms with van der Waals surface area (Å²) >= 11 is 3.51. The van der Waals surface area contributed by atoms with E-state index in [0.29, 0.717) is 0 Å². The third-order valence-electron chi connectivity index (χ3n) is 3.81. The van der Waals surface area contributed by atoms with Crippen molar-refractivity contribution in [1.29, 1.82) is 5.26 Å². The van der Waals surface area contributed by atoms with Crippen molar-refractivity contribution in [3.63, 3.8) is 0 Å². The first-order valence-corrected chi connectivity index (χ1v) is 8.18. The van der Waals surface area contributed by atoms with Crippen molar-refractivity contribution in [2.75, 3.05) is 31.1 Å². The van der Waals surface area contributed by atoms with Gasteiger partial charge in [0.1, 0.15) is 0 Å². The lowest BCUT2D eigenvalue weighted by Gasteiger charge is -2.31. The molecule has 0 atom stereocenters. The van der Waals surface area contributed by atoms with Crippen molar-refractivity contribution in [3.05, 3.63) is 28.2 Å². The maximum atomic E-state index is 9.12. The molecule has 1 aliphatic rings. The van der Waals surface area contributed by atoms with E-state index in [1.54, 1.807) is 0 Å². The molecule has 0 aliphatic carbocycles. The van der Waals surface area contributed by atoms with Gasteiger partial charge in [-0.25, -0.2) is 0 Å². The van der Waals surface area contributed by atoms with Crippen LogP contribution >= 0.6 is 15.9 Å². The molecule has 0 unspecified atom stereocenters. The van der Waals surface area contributed by atoms with Gasteiger partial charge in [-0.05, 0) is 56.5 Å². The fourth-order valence-corrected chi connectivity index (χ4v) is 3.27. The summed E-state index contributed by atoms with van der Waals surface area (Å²) in [4.78, 5) is 2.43. The zero-order chi connectivity index (χ0) is 14.4. The molecule has 0 aromatic heterocycles. The summed E-state index contributed by atoms with van der Waals surface area (Å²) in [6.45, 7) is 6.61. The van der Waals surface area contributed by atoms with Crippen molar-refractivity contribution in [2.45, 2.75) is 26.2 Å². The van der Waals surface area contributed by atoms with Gasteiger partial charge in [-0.1, -0.05) is 22.9 Å². The first kappa shape index (κ1) is 15.3. The second-order valence-corrected chi connectivity index (χ2v) is 6.36. The van der Waals surface area contributed by atoms with E-state index >= 15 is 0 Å². The lowest BCUT2D eigenvalue weighted by atomic mass is 9.97. The molecule has 1 heterocycles. The molecule has 108 valence electrons. The van der Waals surface area contributed by atoms with E-state index in [4.69, 9.17) is 5.26 Å². The largest absolute Gasteiger partial charge is 0.371 e. The Balaban J connectivity index is 2.14. The van der Waals surface area contributed by atoms with Crippen LogP contribution < -0.4 is 10.2 Å². The third-order valence-corrected chi connectivity index (χ3v) is 4.27. The van der Waals surface area contributed by atoms with E-state index in [1.807, 2.05) is 12.1 Å². The van der Waals surface area contributed by atoms with Crippen LogP contribution in [0.4, 0.5) is 5.69 Å². The molecule has 20 heavy (non-hydrogen) atoms. The highest BCUT2D eigenvalue weighted by Gasteiger charge is 2.17. The molecule has 0 spiro atoms. The maximum Gasteiger partial charge on any atom is 0.0992 e. The van der Waals surface area contributed by atoms with E-state index in [2.05, 4.69) is 45.2 Å². The molecule has 1 aliphatic heterocycles. The molecule has 1 saturated heterocycles. The van der Waals surface area contributed by atoms with Gasteiger partial charge in [-0.15, -0.1) is 0 Å². The van der Waals surface area contributed by atoms with Crippen molar-refractivity contribution in [3.8, 4) is 6.07 Å². The fourth-order valence-electron chi connectivity index (χ4n) is 2.79. The molecule has 3 nitrogen and oxygen atoms in total. The van der Waals surface area contributed by atoms with Crippen LogP contribution in [0.3, 0.4) is 0 Å². The molecule has 0 bridgehead atoms. The zero-order valence-corrected chi connectivity index (χ0v) is 13.6. The minimum atomic E-state index is 0.723. The van der Waals surface area contributed by atoms with Crippen molar-refractivity contribution >= 4 is 21.6 Å². The first-order chi connectivity index (χ1) is 9.72. The first-order valence-electron chi connectivity index (χ1n) is 7.39. The van der Waals surface area contributed by atoms with E-state index in [-0.39, 0.29) is 0 Å². The van der Waals surface area contributed by atoms with E-state index in [1.165, 1.54) is 12.8 Å². The van der Waals surface area contributed by atoms with Crippen molar-refractivity contribution < 1.29 is 0 Å². The average Bonchev–Trinajstić information content (AvgIpc) is 2.47. The van der Waals surface area contributed by atoms with E-state index < -0.39 is 0 Å². The predicted molar refractivity (Wildman–Crippen MR) is 87.0 cm³/mol. The van der Waals surface area contributed by atoms with Crippen LogP contribution in [0.2, 0.25) is 0 Å². The van der Waals surface area contributed by atoms with Crippen LogP contribution in [-0.2, 0) is 0 Å². The summed E-state index contributed by atoms with van der Waals surface area (Å²) < 4.78 is 0.984. The summed E-state index contributed by atoms with van der Waals surface area (Å²) in [5, 5.41) is 12.5. The Bertz CT molecular complexity index is 475. The minimum absolute atomic E-state index is 0.723. The summed E-state index contributed by atoms with van der Waals surface area (Å²) in [5.41, 5.74) is 1.89. The molecule has 2 rings (SSSR count). The normalized spacial score (nSPS) is 15.8. The van der Waals surface area contributed by atoms with E-state index in [9.17, 15) is 0 Å². The number of anilines is 1. The van der Waals surface area contributed by atoms with Gasteiger partial charge in [0.15, 0.2) is 0 Å². The van der Waals surface area contributed by atoms with Crippen LogP contribution in [-0.4, -0.2) is 26.2 Å². The standard InChI is InChI=1S/C16H22BrN3/c1-2-7-20(12-13-3-5-19-6-4-13)16-9-14(11-18)8-15(17)10-16/h8-10,13,19H,2-7,12H2,1H3. The lowest BCUT2D eigenvalue weighted by molar-refractivity contribution is 0.373. The van der Waals surface area contributed by atoms with Crippen molar-refractivity contribution in [1.82, 2.24) is 5.32 Å². The lowest BCUT2D eigenvalue weighted by Crippen LogP contribution is -2.36. The predicted octanol–water partition coefficient (Wildman–Crippen LogP) is 3.54. The summed E-state index contributed by atoms with van der Waals surface area (Å²) in [6, 6.07) is 8.24. The Labute approximate surface area is 130 Å². The molecule has 1 aromatic rings. The smallest absolute Gasteiger partial charge is 0.0992 e. The number of benzene rings is 1. The number of halogens is 1. The highest BCUT2D eigenvalue weighted by molar-refractivity contribution is 9.10. The monoisotopic (exact) mass is 335 g/mol. The Morgan fingerprint density at radius 3 is 2.75 bits per heavy atom. The van der Waals surface area contributed by atoms with Gasteiger partial charge in [-0.2, -0.15) is 5.26 Å². The molecular weight excluding hydrogens is 314 g/mol. The van der Waals surface area contributed by atoms with Gasteiger partial charge < -0.3 is 10.2 Å². The minimum Gasteiger partial charge on any atom is -0.371 e. The van der Waals surface area contributed by atoms with Crippen LogP contribution in [0.15, 0.2) is 22.7 Å². The SMILES string of the molecule is CCCN(CC1CCNCC1)c1cc(Br)cc(C#N)c1. The van der Waals surface area contributed by atoms with Crippen LogP contribution in [0.1, 0.15) is 31.7 Å². The molecule has 0 saturated carbocycles. The number of nitrogens with zero attached hydrogens (tertiary/aromatic N) is 2. The zero-order valence-electron chi connectivity index (χ0n) is 12.0. The molecule has 4 heteroatoms. The Kier molecular flexibility index (Phi) is 5.87. The number of piperidine rings is 1. The van der Waals surface area contributed by atoms with Crippen LogP contribution in [0, 0.1) is 17.2 Å². The third kappa shape index (κ3) is 4.22. The summed E-state index contributed by atoms with van der Waals surface area (Å²) in [6.07, 6.45) is 3.62. The van der Waals surface area contributed by atoms with Gasteiger partial charge in [-0.3, -0.25) is 0 Å². The highest BCUT2D eigenvalue weighted by Crippen LogP contribution is 2.25. The second kappa shape index (κ2) is 7.66. The molecule has 1 aromatic carbocycles. The van der Waals surface area contributed by atoms with Gasteiger partial charge in [0, 0.05) is 23.2 Å². The molecule has 1 N–H and O–H groups in total. The Morgan fingerprint density at radius 2 is 2.10 bits per heavy atom. The van der Waals surface area contributed by atoms with Gasteiger partial charge in [0.25, 0.3) is 0 Å². The Morgan fingerprint density at radius 1 is 1.35 bits per heavy atom. The number of hydrogen-bond acceptors (Lipinski definition) is 3. The summed E-state index contributed by atoms with van der Waals surface area (Å²) in [5.74, 6) is 0.757. The topological polar surface area (TPSA) is 39.1 Å². The van der Waals surface area contributed by atoms with Crippen molar-refractivity contribution in [2.24, 2.45) is 5.92 Å². The summed E-state index contributed by atoms with van der Waals surface area (Å²) in [7, 11) is 0. The number of nitriles is 1. The van der Waals surface area contributed by atoms with Gasteiger partial charge in [0.2, 0.25) is 0 Å². The highest BCUT2D eigenvalue weighted by atomic mass is 79.9. The maximum absolute atomic E-state index is 9.12. The number of nitrogens with one attached hydrogen (secondary N) is 1. The van der Waals surface area contributed by atoms with Crippen LogP contribution in [0.25, 0.3) is 0 Å².